The Morgan fingerprint density at radius 1 is 1.33 bits per heavy atom. The SMILES string of the molecule is Cc1cc(C)c(COc2ccc(F)cc2Cl)cc1/C=N/NC(N)=O. The first-order valence-electron chi connectivity index (χ1n) is 7.13. The quantitative estimate of drug-likeness (QED) is 0.638. The monoisotopic (exact) mass is 349 g/mol. The zero-order valence-corrected chi connectivity index (χ0v) is 14.0. The number of ether oxygens (including phenoxy) is 1. The van der Waals surface area contributed by atoms with E-state index in [1.807, 2.05) is 26.0 Å². The highest BCUT2D eigenvalue weighted by Gasteiger charge is 2.07. The van der Waals surface area contributed by atoms with E-state index in [0.717, 1.165) is 22.3 Å². The van der Waals surface area contributed by atoms with Gasteiger partial charge in [-0.2, -0.15) is 5.10 Å². The smallest absolute Gasteiger partial charge is 0.332 e. The Labute approximate surface area is 144 Å². The van der Waals surface area contributed by atoms with Gasteiger partial charge in [0.05, 0.1) is 11.2 Å². The predicted molar refractivity (Wildman–Crippen MR) is 92.0 cm³/mol. The molecular weight excluding hydrogens is 333 g/mol. The van der Waals surface area contributed by atoms with E-state index in [2.05, 4.69) is 10.5 Å². The fourth-order valence-electron chi connectivity index (χ4n) is 2.12. The number of aryl methyl sites for hydroxylation is 2. The van der Waals surface area contributed by atoms with Gasteiger partial charge in [-0.05, 0) is 60.4 Å². The lowest BCUT2D eigenvalue weighted by molar-refractivity contribution is 0.249. The predicted octanol–water partition coefficient (Wildman–Crippen LogP) is 3.68. The summed E-state index contributed by atoms with van der Waals surface area (Å²) in [5, 5.41) is 3.98. The molecule has 7 heteroatoms. The largest absolute Gasteiger partial charge is 0.487 e. The maximum Gasteiger partial charge on any atom is 0.332 e. The topological polar surface area (TPSA) is 76.7 Å². The summed E-state index contributed by atoms with van der Waals surface area (Å²) in [7, 11) is 0. The third-order valence-corrected chi connectivity index (χ3v) is 3.68. The van der Waals surface area contributed by atoms with E-state index >= 15 is 0 Å². The first-order chi connectivity index (χ1) is 11.4. The lowest BCUT2D eigenvalue weighted by Gasteiger charge is -2.12. The Bertz CT molecular complexity index is 794. The molecule has 2 rings (SSSR count). The molecule has 0 spiro atoms. The number of carbonyl (C=O) groups is 1. The van der Waals surface area contributed by atoms with Crippen LogP contribution in [0, 0.1) is 19.7 Å². The molecule has 0 aliphatic heterocycles. The van der Waals surface area contributed by atoms with Crippen LogP contribution >= 0.6 is 11.6 Å². The number of benzene rings is 2. The molecule has 0 atom stereocenters. The molecular formula is C17H17ClFN3O2. The number of hydrazone groups is 1. The van der Waals surface area contributed by atoms with Crippen molar-refractivity contribution in [3.8, 4) is 5.75 Å². The molecule has 0 saturated carbocycles. The van der Waals surface area contributed by atoms with Crippen molar-refractivity contribution in [2.24, 2.45) is 10.8 Å². The lowest BCUT2D eigenvalue weighted by Crippen LogP contribution is -2.24. The van der Waals surface area contributed by atoms with E-state index in [9.17, 15) is 9.18 Å². The third-order valence-electron chi connectivity index (χ3n) is 3.38. The van der Waals surface area contributed by atoms with E-state index < -0.39 is 11.8 Å². The highest BCUT2D eigenvalue weighted by Crippen LogP contribution is 2.26. The summed E-state index contributed by atoms with van der Waals surface area (Å²) in [4.78, 5) is 10.6. The first kappa shape index (κ1) is 17.7. The number of urea groups is 1. The lowest BCUT2D eigenvalue weighted by atomic mass is 10.0. The number of hydrogen-bond acceptors (Lipinski definition) is 3. The van der Waals surface area contributed by atoms with Crippen LogP contribution in [0.25, 0.3) is 0 Å². The summed E-state index contributed by atoms with van der Waals surface area (Å²) in [5.41, 5.74) is 10.9. The average molecular weight is 350 g/mol. The second-order valence-corrected chi connectivity index (χ2v) is 5.64. The first-order valence-corrected chi connectivity index (χ1v) is 7.51. The van der Waals surface area contributed by atoms with Crippen LogP contribution in [0.3, 0.4) is 0 Å². The zero-order chi connectivity index (χ0) is 17.7. The van der Waals surface area contributed by atoms with Gasteiger partial charge in [0, 0.05) is 0 Å². The van der Waals surface area contributed by atoms with Crippen LogP contribution in [0.15, 0.2) is 35.4 Å². The van der Waals surface area contributed by atoms with Crippen molar-refractivity contribution in [2.45, 2.75) is 20.5 Å². The van der Waals surface area contributed by atoms with Crippen LogP contribution in [0.4, 0.5) is 9.18 Å². The molecule has 2 aromatic rings. The highest BCUT2D eigenvalue weighted by atomic mass is 35.5. The molecule has 2 amide bonds. The molecule has 0 aliphatic carbocycles. The Balaban J connectivity index is 2.17. The van der Waals surface area contributed by atoms with Crippen molar-refractivity contribution in [3.05, 3.63) is 63.4 Å². The normalized spacial score (nSPS) is 10.8. The zero-order valence-electron chi connectivity index (χ0n) is 13.3. The van der Waals surface area contributed by atoms with Crippen molar-refractivity contribution in [3.63, 3.8) is 0 Å². The van der Waals surface area contributed by atoms with Gasteiger partial charge in [0.15, 0.2) is 0 Å². The fraction of sp³-hybridized carbons (Fsp3) is 0.176. The summed E-state index contributed by atoms with van der Waals surface area (Å²) >= 11 is 5.95. The van der Waals surface area contributed by atoms with Crippen molar-refractivity contribution in [2.75, 3.05) is 0 Å². The minimum absolute atomic E-state index is 0.215. The summed E-state index contributed by atoms with van der Waals surface area (Å²) in [6.07, 6.45) is 1.51. The van der Waals surface area contributed by atoms with Gasteiger partial charge >= 0.3 is 6.03 Å². The Hall–Kier alpha value is -2.60. The molecule has 0 fully saturated rings. The van der Waals surface area contributed by atoms with Crippen LogP contribution in [-0.2, 0) is 6.61 Å². The van der Waals surface area contributed by atoms with Crippen LogP contribution in [0.1, 0.15) is 22.3 Å². The Morgan fingerprint density at radius 3 is 2.75 bits per heavy atom. The van der Waals surface area contributed by atoms with Crippen LogP contribution < -0.4 is 15.9 Å². The van der Waals surface area contributed by atoms with Crippen molar-refractivity contribution in [1.29, 1.82) is 0 Å². The fourth-order valence-corrected chi connectivity index (χ4v) is 2.35. The molecule has 126 valence electrons. The van der Waals surface area contributed by atoms with E-state index in [4.69, 9.17) is 22.1 Å². The molecule has 2 aromatic carbocycles. The number of nitrogens with two attached hydrogens (primary N) is 1. The van der Waals surface area contributed by atoms with Gasteiger partial charge in [0.2, 0.25) is 0 Å². The van der Waals surface area contributed by atoms with Gasteiger partial charge in [-0.1, -0.05) is 17.7 Å². The standard InChI is InChI=1S/C17H17ClFN3O2/c1-10-5-11(2)13(6-12(10)8-21-22-17(20)23)9-24-16-4-3-14(19)7-15(16)18/h3-8H,9H2,1-2H3,(H3,20,22,23)/b21-8+. The minimum Gasteiger partial charge on any atom is -0.487 e. The van der Waals surface area contributed by atoms with Gasteiger partial charge < -0.3 is 10.5 Å². The Morgan fingerprint density at radius 2 is 2.08 bits per heavy atom. The van der Waals surface area contributed by atoms with Crippen molar-refractivity contribution >= 4 is 23.8 Å². The molecule has 3 N–H and O–H groups in total. The van der Waals surface area contributed by atoms with Crippen molar-refractivity contribution in [1.82, 2.24) is 5.43 Å². The molecule has 5 nitrogen and oxygen atoms in total. The maximum atomic E-state index is 13.1. The van der Waals surface area contributed by atoms with Crippen molar-refractivity contribution < 1.29 is 13.9 Å². The summed E-state index contributed by atoms with van der Waals surface area (Å²) in [5.74, 6) is -0.0111. The molecule has 24 heavy (non-hydrogen) atoms. The number of halogens is 2. The molecule has 0 bridgehead atoms. The second-order valence-electron chi connectivity index (χ2n) is 5.23. The van der Waals surface area contributed by atoms with Crippen LogP contribution in [0.5, 0.6) is 5.75 Å². The van der Waals surface area contributed by atoms with Crippen LogP contribution in [-0.4, -0.2) is 12.2 Å². The average Bonchev–Trinajstić information content (AvgIpc) is 2.49. The van der Waals surface area contributed by atoms with Gasteiger partial charge in [0.1, 0.15) is 18.2 Å². The summed E-state index contributed by atoms with van der Waals surface area (Å²) in [6, 6.07) is 7.12. The Kier molecular flexibility index (Phi) is 5.76. The van der Waals surface area contributed by atoms with Gasteiger partial charge in [-0.25, -0.2) is 14.6 Å². The number of rotatable bonds is 5. The molecule has 0 aromatic heterocycles. The molecule has 0 unspecified atom stereocenters. The van der Waals surface area contributed by atoms with E-state index in [-0.39, 0.29) is 11.6 Å². The summed E-state index contributed by atoms with van der Waals surface area (Å²) in [6.45, 7) is 4.15. The minimum atomic E-state index is -0.731. The third kappa shape index (κ3) is 4.70. The number of primary amides is 1. The van der Waals surface area contributed by atoms with E-state index in [1.54, 1.807) is 0 Å². The van der Waals surface area contributed by atoms with Crippen LogP contribution in [0.2, 0.25) is 5.02 Å². The second kappa shape index (κ2) is 7.79. The number of carbonyl (C=O) groups excluding carboxylic acids is 1. The van der Waals surface area contributed by atoms with E-state index in [1.165, 1.54) is 24.4 Å². The van der Waals surface area contributed by atoms with Gasteiger partial charge in [0.25, 0.3) is 0 Å². The molecule has 0 saturated heterocycles. The molecule has 0 aliphatic rings. The van der Waals surface area contributed by atoms with E-state index in [0.29, 0.717) is 5.75 Å². The number of amides is 2. The molecule has 0 heterocycles. The number of nitrogens with zero attached hydrogens (tertiary/aromatic N) is 1. The number of hydrogen-bond donors (Lipinski definition) is 2. The maximum absolute atomic E-state index is 13.1. The van der Waals surface area contributed by atoms with Gasteiger partial charge in [-0.15, -0.1) is 0 Å². The number of nitrogens with one attached hydrogen (secondary N) is 1. The van der Waals surface area contributed by atoms with Gasteiger partial charge in [-0.3, -0.25) is 0 Å². The highest BCUT2D eigenvalue weighted by molar-refractivity contribution is 6.32. The summed E-state index contributed by atoms with van der Waals surface area (Å²) < 4.78 is 18.7. The molecule has 0 radical (unpaired) electrons.